The van der Waals surface area contributed by atoms with Crippen LogP contribution in [0.25, 0.3) is 0 Å². The first kappa shape index (κ1) is 24.2. The van der Waals surface area contributed by atoms with Crippen LogP contribution in [0.1, 0.15) is 40.1 Å². The number of amides is 2. The normalized spacial score (nSPS) is 14.7. The van der Waals surface area contributed by atoms with E-state index in [-0.39, 0.29) is 24.2 Å². The van der Waals surface area contributed by atoms with Gasteiger partial charge in [-0.15, -0.1) is 11.3 Å². The number of nitrogens with zero attached hydrogens (tertiary/aromatic N) is 1. The summed E-state index contributed by atoms with van der Waals surface area (Å²) in [7, 11) is 3.43. The number of rotatable bonds is 8. The zero-order chi connectivity index (χ0) is 23.1. The molecule has 0 bridgehead atoms. The van der Waals surface area contributed by atoms with Crippen LogP contribution in [0.15, 0.2) is 30.3 Å². The maximum absolute atomic E-state index is 13.0. The molecule has 9 heteroatoms. The highest BCUT2D eigenvalue weighted by atomic mass is 35.5. The summed E-state index contributed by atoms with van der Waals surface area (Å²) < 4.78 is 5.17. The summed E-state index contributed by atoms with van der Waals surface area (Å²) in [4.78, 5) is 39.8. The maximum Gasteiger partial charge on any atom is 0.305 e. The Morgan fingerprint density at radius 1 is 1.16 bits per heavy atom. The molecule has 2 N–H and O–H groups in total. The van der Waals surface area contributed by atoms with Crippen molar-refractivity contribution >= 4 is 46.4 Å². The lowest BCUT2D eigenvalue weighted by molar-refractivity contribution is -0.140. The fraction of sp³-hybridized carbons (Fsp3) is 0.435. The van der Waals surface area contributed by atoms with E-state index in [1.807, 2.05) is 12.1 Å². The minimum atomic E-state index is -0.794. The highest BCUT2D eigenvalue weighted by molar-refractivity contribution is 7.18. The Bertz CT molecular complexity index is 978. The molecule has 32 heavy (non-hydrogen) atoms. The van der Waals surface area contributed by atoms with Gasteiger partial charge in [-0.1, -0.05) is 17.7 Å². The molecule has 2 heterocycles. The number of thiophene rings is 1. The summed E-state index contributed by atoms with van der Waals surface area (Å²) in [6.07, 6.45) is 2.80. The van der Waals surface area contributed by atoms with Crippen LogP contribution in [-0.2, 0) is 27.2 Å². The van der Waals surface area contributed by atoms with Crippen LogP contribution < -0.4 is 10.6 Å². The predicted molar refractivity (Wildman–Crippen MR) is 126 cm³/mol. The Morgan fingerprint density at radius 3 is 2.59 bits per heavy atom. The number of likely N-dealkylation sites (N-methyl/N-ethyl adjacent to an activating group) is 1. The number of esters is 1. The van der Waals surface area contributed by atoms with Gasteiger partial charge in [-0.25, -0.2) is 0 Å². The Morgan fingerprint density at radius 2 is 1.91 bits per heavy atom. The highest BCUT2D eigenvalue weighted by Crippen LogP contribution is 2.22. The van der Waals surface area contributed by atoms with E-state index in [4.69, 9.17) is 11.6 Å². The summed E-state index contributed by atoms with van der Waals surface area (Å²) in [5.41, 5.74) is 3.22. The molecule has 172 valence electrons. The van der Waals surface area contributed by atoms with E-state index < -0.39 is 6.04 Å². The smallest absolute Gasteiger partial charge is 0.305 e. The van der Waals surface area contributed by atoms with E-state index in [9.17, 15) is 14.4 Å². The van der Waals surface area contributed by atoms with Crippen molar-refractivity contribution in [3.63, 3.8) is 0 Å². The second-order valence-electron chi connectivity index (χ2n) is 7.87. The molecule has 0 spiro atoms. The molecule has 1 aromatic heterocycles. The van der Waals surface area contributed by atoms with Crippen molar-refractivity contribution < 1.29 is 19.1 Å². The lowest BCUT2D eigenvalue weighted by Gasteiger charge is -2.19. The van der Waals surface area contributed by atoms with Gasteiger partial charge >= 0.3 is 5.97 Å². The van der Waals surface area contributed by atoms with Gasteiger partial charge in [0.25, 0.3) is 5.91 Å². The Labute approximate surface area is 197 Å². The minimum absolute atomic E-state index is 0.174. The van der Waals surface area contributed by atoms with Gasteiger partial charge in [-0.3, -0.25) is 14.4 Å². The highest BCUT2D eigenvalue weighted by Gasteiger charge is 2.23. The summed E-state index contributed by atoms with van der Waals surface area (Å²) in [6, 6.07) is 8.43. The molecule has 0 saturated carbocycles. The molecule has 1 aliphatic rings. The van der Waals surface area contributed by atoms with Crippen LogP contribution in [0.3, 0.4) is 0 Å². The fourth-order valence-electron chi connectivity index (χ4n) is 3.63. The third-order valence-corrected chi connectivity index (χ3v) is 6.75. The van der Waals surface area contributed by atoms with E-state index in [0.717, 1.165) is 37.3 Å². The van der Waals surface area contributed by atoms with Gasteiger partial charge in [0, 0.05) is 25.2 Å². The van der Waals surface area contributed by atoms with Crippen LogP contribution >= 0.6 is 22.9 Å². The van der Waals surface area contributed by atoms with Gasteiger partial charge in [0.15, 0.2) is 0 Å². The fourth-order valence-corrected chi connectivity index (χ4v) is 4.58. The first-order valence-corrected chi connectivity index (χ1v) is 11.8. The quantitative estimate of drug-likeness (QED) is 0.568. The average Bonchev–Trinajstić information content (AvgIpc) is 3.13. The van der Waals surface area contributed by atoms with Gasteiger partial charge in [-0.05, 0) is 68.1 Å². The molecule has 2 amide bonds. The lowest BCUT2D eigenvalue weighted by Crippen LogP contribution is -2.43. The molecule has 1 aromatic carbocycles. The molecule has 0 radical (unpaired) electrons. The number of carbonyl (C=O) groups is 3. The van der Waals surface area contributed by atoms with E-state index in [1.165, 1.54) is 18.2 Å². The van der Waals surface area contributed by atoms with E-state index in [0.29, 0.717) is 27.7 Å². The average molecular weight is 478 g/mol. The topological polar surface area (TPSA) is 87.7 Å². The predicted octanol–water partition coefficient (Wildman–Crippen LogP) is 3.51. The Balaban J connectivity index is 1.69. The van der Waals surface area contributed by atoms with E-state index in [1.54, 1.807) is 12.1 Å². The van der Waals surface area contributed by atoms with Crippen LogP contribution in [0.2, 0.25) is 4.34 Å². The monoisotopic (exact) mass is 477 g/mol. The number of methoxy groups -OCH3 is 1. The number of fused-ring (bicyclic) bond motifs is 1. The van der Waals surface area contributed by atoms with Crippen molar-refractivity contribution in [3.8, 4) is 0 Å². The van der Waals surface area contributed by atoms with Crippen LogP contribution in [0.4, 0.5) is 5.69 Å². The number of hydrogen-bond donors (Lipinski definition) is 2. The van der Waals surface area contributed by atoms with Gasteiger partial charge < -0.3 is 20.3 Å². The minimum Gasteiger partial charge on any atom is -0.469 e. The molecule has 3 rings (SSSR count). The standard InChI is InChI=1S/C23H28ClN3O4S/c1-27-12-10-15-6-7-17(14-16(15)11-13-27)25-22(29)18(4-3-5-21(28)31-2)26-23(30)19-8-9-20(24)32-19/h6-9,14,18H,3-5,10-13H2,1-2H3,(H,25,29)(H,26,30). The van der Waals surface area contributed by atoms with Gasteiger partial charge in [0.1, 0.15) is 6.04 Å². The maximum atomic E-state index is 13.0. The molecule has 0 aliphatic carbocycles. The van der Waals surface area contributed by atoms with Crippen LogP contribution in [0.5, 0.6) is 0 Å². The first-order valence-electron chi connectivity index (χ1n) is 10.6. The summed E-state index contributed by atoms with van der Waals surface area (Å²) in [6.45, 7) is 1.99. The molecule has 2 aromatic rings. The number of ether oxygens (including phenoxy) is 1. The van der Waals surface area contributed by atoms with Crippen molar-refractivity contribution in [3.05, 3.63) is 50.7 Å². The number of benzene rings is 1. The third-order valence-electron chi connectivity index (χ3n) is 5.52. The van der Waals surface area contributed by atoms with Gasteiger partial charge in [0.2, 0.25) is 5.91 Å². The Hall–Kier alpha value is -2.42. The number of hydrogen-bond acceptors (Lipinski definition) is 6. The number of nitrogens with one attached hydrogen (secondary N) is 2. The van der Waals surface area contributed by atoms with Crippen LogP contribution in [-0.4, -0.2) is 56.0 Å². The van der Waals surface area contributed by atoms with Crippen molar-refractivity contribution in [2.75, 3.05) is 32.6 Å². The van der Waals surface area contributed by atoms with Gasteiger partial charge in [-0.2, -0.15) is 0 Å². The molecule has 1 atom stereocenters. The van der Waals surface area contributed by atoms with Gasteiger partial charge in [0.05, 0.1) is 16.3 Å². The zero-order valence-corrected chi connectivity index (χ0v) is 19.9. The molecular weight excluding hydrogens is 450 g/mol. The third kappa shape index (κ3) is 6.79. The largest absolute Gasteiger partial charge is 0.469 e. The first-order chi connectivity index (χ1) is 15.4. The number of carbonyl (C=O) groups excluding carboxylic acids is 3. The lowest BCUT2D eigenvalue weighted by atomic mass is 10.0. The second-order valence-corrected chi connectivity index (χ2v) is 9.59. The summed E-state index contributed by atoms with van der Waals surface area (Å²) in [5, 5.41) is 5.71. The molecular formula is C23H28ClN3O4S. The zero-order valence-electron chi connectivity index (χ0n) is 18.3. The van der Waals surface area contributed by atoms with Crippen molar-refractivity contribution in [1.82, 2.24) is 10.2 Å². The molecule has 1 aliphatic heterocycles. The summed E-state index contributed by atoms with van der Waals surface area (Å²) >= 11 is 7.08. The van der Waals surface area contributed by atoms with E-state index in [2.05, 4.69) is 33.4 Å². The number of halogens is 1. The summed E-state index contributed by atoms with van der Waals surface area (Å²) in [5.74, 6) is -1.04. The number of anilines is 1. The second kappa shape index (κ2) is 11.4. The molecule has 7 nitrogen and oxygen atoms in total. The Kier molecular flexibility index (Phi) is 8.67. The van der Waals surface area contributed by atoms with Crippen molar-refractivity contribution in [2.24, 2.45) is 0 Å². The van der Waals surface area contributed by atoms with E-state index >= 15 is 0 Å². The molecule has 0 saturated heterocycles. The SMILES string of the molecule is COC(=O)CCCC(NC(=O)c1ccc(Cl)s1)C(=O)Nc1ccc2c(c1)CCN(C)CC2. The van der Waals surface area contributed by atoms with Crippen molar-refractivity contribution in [1.29, 1.82) is 0 Å². The van der Waals surface area contributed by atoms with Crippen molar-refractivity contribution in [2.45, 2.75) is 38.1 Å². The molecule has 0 fully saturated rings. The van der Waals surface area contributed by atoms with Crippen LogP contribution in [0, 0.1) is 0 Å². The molecule has 1 unspecified atom stereocenters.